The molecule has 8 nitrogen and oxygen atoms in total. The highest BCUT2D eigenvalue weighted by atomic mass is 35.5. The third-order valence-corrected chi connectivity index (χ3v) is 4.15. The molecule has 0 fully saturated rings. The predicted octanol–water partition coefficient (Wildman–Crippen LogP) is 1.92. The predicted molar refractivity (Wildman–Crippen MR) is 89.2 cm³/mol. The molecule has 24 heavy (non-hydrogen) atoms. The molecule has 0 unspecified atom stereocenters. The van der Waals surface area contributed by atoms with Crippen molar-refractivity contribution in [1.82, 2.24) is 19.7 Å². The van der Waals surface area contributed by atoms with Crippen molar-refractivity contribution in [2.45, 2.75) is 13.3 Å². The van der Waals surface area contributed by atoms with Crippen LogP contribution < -0.4 is 16.6 Å². The Hall–Kier alpha value is -2.84. The lowest BCUT2D eigenvalue weighted by molar-refractivity contribution is 0.394. The summed E-state index contributed by atoms with van der Waals surface area (Å²) in [4.78, 5) is 8.72. The highest BCUT2D eigenvalue weighted by Gasteiger charge is 2.26. The molecule has 2 aromatic heterocycles. The van der Waals surface area contributed by atoms with E-state index in [9.17, 15) is 0 Å². The Morgan fingerprint density at radius 3 is 2.88 bits per heavy atom. The van der Waals surface area contributed by atoms with E-state index in [4.69, 9.17) is 27.7 Å². The molecule has 0 radical (unpaired) electrons. The number of aryl methyl sites for hydroxylation is 1. The van der Waals surface area contributed by atoms with Crippen molar-refractivity contribution >= 4 is 17.3 Å². The summed E-state index contributed by atoms with van der Waals surface area (Å²) >= 11 is 6.13. The molecule has 1 aromatic carbocycles. The molecule has 0 bridgehead atoms. The van der Waals surface area contributed by atoms with Gasteiger partial charge in [0.2, 0.25) is 11.7 Å². The molecule has 0 saturated heterocycles. The SMILES string of the molecule is Cc1nc(-c2ncn3c2C/C(=C/N)N(N)c2cc(Cl)ccc2-3)no1. The minimum atomic E-state index is 0.429. The molecule has 3 aromatic rings. The van der Waals surface area contributed by atoms with Crippen LogP contribution in [0, 0.1) is 6.92 Å². The number of benzene rings is 1. The first-order chi connectivity index (χ1) is 11.6. The maximum absolute atomic E-state index is 6.24. The fraction of sp³-hybridized carbons (Fsp3) is 0.133. The molecule has 3 heterocycles. The van der Waals surface area contributed by atoms with Crippen LogP contribution in [0.5, 0.6) is 0 Å². The second-order valence-corrected chi connectivity index (χ2v) is 5.82. The number of hydrogen-bond acceptors (Lipinski definition) is 7. The monoisotopic (exact) mass is 343 g/mol. The number of nitrogens with two attached hydrogens (primary N) is 2. The zero-order valence-corrected chi connectivity index (χ0v) is 13.5. The summed E-state index contributed by atoms with van der Waals surface area (Å²) in [7, 11) is 0. The minimum Gasteiger partial charge on any atom is -0.403 e. The first-order valence-corrected chi connectivity index (χ1v) is 7.58. The van der Waals surface area contributed by atoms with Crippen molar-refractivity contribution in [3.8, 4) is 17.2 Å². The first-order valence-electron chi connectivity index (χ1n) is 7.21. The number of hydrogen-bond donors (Lipinski definition) is 2. The van der Waals surface area contributed by atoms with Crippen molar-refractivity contribution in [1.29, 1.82) is 0 Å². The van der Waals surface area contributed by atoms with E-state index in [0.29, 0.717) is 34.5 Å². The van der Waals surface area contributed by atoms with Crippen LogP contribution in [0.2, 0.25) is 5.02 Å². The van der Waals surface area contributed by atoms with Gasteiger partial charge in [-0.25, -0.2) is 10.8 Å². The van der Waals surface area contributed by atoms with Gasteiger partial charge in [-0.05, 0) is 18.2 Å². The second-order valence-electron chi connectivity index (χ2n) is 5.38. The molecule has 0 aliphatic carbocycles. The molecule has 4 rings (SSSR count). The molecule has 0 atom stereocenters. The van der Waals surface area contributed by atoms with Crippen LogP contribution in [0.3, 0.4) is 0 Å². The van der Waals surface area contributed by atoms with Gasteiger partial charge in [0.25, 0.3) is 0 Å². The lowest BCUT2D eigenvalue weighted by Crippen LogP contribution is -2.31. The Labute approximate surface area is 142 Å². The second kappa shape index (κ2) is 5.36. The highest BCUT2D eigenvalue weighted by molar-refractivity contribution is 6.31. The van der Waals surface area contributed by atoms with Crippen LogP contribution in [0.4, 0.5) is 5.69 Å². The van der Waals surface area contributed by atoms with Gasteiger partial charge in [-0.1, -0.05) is 16.8 Å². The van der Waals surface area contributed by atoms with E-state index < -0.39 is 0 Å². The number of anilines is 1. The maximum Gasteiger partial charge on any atom is 0.223 e. The number of fused-ring (bicyclic) bond motifs is 3. The lowest BCUT2D eigenvalue weighted by atomic mass is 10.2. The number of halogens is 1. The Bertz CT molecular complexity index is 959. The summed E-state index contributed by atoms with van der Waals surface area (Å²) in [5, 5.41) is 6.07. The van der Waals surface area contributed by atoms with Crippen molar-refractivity contribution < 1.29 is 4.52 Å². The Morgan fingerprint density at radius 1 is 1.33 bits per heavy atom. The fourth-order valence-corrected chi connectivity index (χ4v) is 2.94. The van der Waals surface area contributed by atoms with E-state index in [1.807, 2.05) is 10.6 Å². The number of allylic oxidation sites excluding steroid dienone is 1. The number of rotatable bonds is 1. The van der Waals surface area contributed by atoms with Gasteiger partial charge in [-0.15, -0.1) is 0 Å². The molecule has 4 N–H and O–H groups in total. The zero-order chi connectivity index (χ0) is 16.8. The number of imidazole rings is 1. The van der Waals surface area contributed by atoms with Gasteiger partial charge in [0.1, 0.15) is 12.0 Å². The normalized spacial score (nSPS) is 15.3. The molecular formula is C15H14ClN7O. The molecular weight excluding hydrogens is 330 g/mol. The molecule has 0 spiro atoms. The van der Waals surface area contributed by atoms with Gasteiger partial charge in [-0.3, -0.25) is 9.58 Å². The van der Waals surface area contributed by atoms with Crippen molar-refractivity contribution in [3.05, 3.63) is 53.0 Å². The third-order valence-electron chi connectivity index (χ3n) is 3.91. The number of aromatic nitrogens is 4. The van der Waals surface area contributed by atoms with E-state index in [1.165, 1.54) is 11.2 Å². The van der Waals surface area contributed by atoms with Crippen LogP contribution in [0.15, 0.2) is 40.9 Å². The van der Waals surface area contributed by atoms with Gasteiger partial charge in [0.05, 0.1) is 22.8 Å². The molecule has 9 heteroatoms. The molecule has 1 aliphatic rings. The van der Waals surface area contributed by atoms with E-state index in [2.05, 4.69) is 15.1 Å². The summed E-state index contributed by atoms with van der Waals surface area (Å²) in [6.07, 6.45) is 3.64. The average Bonchev–Trinajstić information content (AvgIpc) is 3.15. The van der Waals surface area contributed by atoms with Crippen molar-refractivity contribution in [3.63, 3.8) is 0 Å². The van der Waals surface area contributed by atoms with E-state index in [0.717, 1.165) is 17.1 Å². The zero-order valence-electron chi connectivity index (χ0n) is 12.8. The summed E-state index contributed by atoms with van der Waals surface area (Å²) in [6.45, 7) is 1.73. The van der Waals surface area contributed by atoms with E-state index in [-0.39, 0.29) is 0 Å². The summed E-state index contributed by atoms with van der Waals surface area (Å²) in [5.41, 5.74) is 9.55. The Kier molecular flexibility index (Phi) is 3.29. The molecule has 0 saturated carbocycles. The van der Waals surface area contributed by atoms with E-state index in [1.54, 1.807) is 25.4 Å². The minimum absolute atomic E-state index is 0.429. The highest BCUT2D eigenvalue weighted by Crippen LogP contribution is 2.36. The quantitative estimate of drug-likeness (QED) is 0.649. The largest absolute Gasteiger partial charge is 0.403 e. The van der Waals surface area contributed by atoms with Crippen LogP contribution in [0.1, 0.15) is 11.6 Å². The van der Waals surface area contributed by atoms with Gasteiger partial charge >= 0.3 is 0 Å². The smallest absolute Gasteiger partial charge is 0.223 e. The van der Waals surface area contributed by atoms with Crippen LogP contribution in [-0.2, 0) is 6.42 Å². The van der Waals surface area contributed by atoms with Crippen molar-refractivity contribution in [2.24, 2.45) is 11.6 Å². The molecule has 1 aliphatic heterocycles. The van der Waals surface area contributed by atoms with Crippen LogP contribution >= 0.6 is 11.6 Å². The third kappa shape index (κ3) is 2.15. The Morgan fingerprint density at radius 2 is 2.17 bits per heavy atom. The Balaban J connectivity index is 1.98. The van der Waals surface area contributed by atoms with Crippen LogP contribution in [-0.4, -0.2) is 19.7 Å². The average molecular weight is 344 g/mol. The number of hydrazine groups is 1. The molecule has 0 amide bonds. The van der Waals surface area contributed by atoms with Gasteiger partial charge in [0, 0.05) is 24.6 Å². The standard InChI is InChI=1S/C15H14ClN7O/c1-8-20-15(21-24-8)14-13-5-10(6-17)23(18)12-4-9(16)2-3-11(12)22(13)7-19-14/h2-4,6-7H,5,17-18H2,1H3/b10-6-. The topological polar surface area (TPSA) is 112 Å². The molecule has 122 valence electrons. The van der Waals surface area contributed by atoms with Gasteiger partial charge in [-0.2, -0.15) is 4.98 Å². The summed E-state index contributed by atoms with van der Waals surface area (Å²) in [5.74, 6) is 7.15. The fourth-order valence-electron chi connectivity index (χ4n) is 2.78. The summed E-state index contributed by atoms with van der Waals surface area (Å²) in [6, 6.07) is 5.47. The summed E-state index contributed by atoms with van der Waals surface area (Å²) < 4.78 is 7.00. The van der Waals surface area contributed by atoms with Gasteiger partial charge < -0.3 is 10.3 Å². The first kappa shape index (κ1) is 14.7. The van der Waals surface area contributed by atoms with Crippen molar-refractivity contribution in [2.75, 3.05) is 5.01 Å². The number of nitrogens with zero attached hydrogens (tertiary/aromatic N) is 5. The van der Waals surface area contributed by atoms with E-state index >= 15 is 0 Å². The maximum atomic E-state index is 6.24. The lowest BCUT2D eigenvalue weighted by Gasteiger charge is -2.21. The van der Waals surface area contributed by atoms with Gasteiger partial charge in [0.15, 0.2) is 0 Å². The van der Waals surface area contributed by atoms with Crippen LogP contribution in [0.25, 0.3) is 17.2 Å².